The zero-order valence-corrected chi connectivity index (χ0v) is 14.6. The number of hydrogen-bond acceptors (Lipinski definition) is 5. The summed E-state index contributed by atoms with van der Waals surface area (Å²) in [4.78, 5) is 19.9. The molecule has 0 aliphatic heterocycles. The van der Waals surface area contributed by atoms with Crippen molar-refractivity contribution < 1.29 is 9.21 Å². The molecule has 0 aliphatic carbocycles. The van der Waals surface area contributed by atoms with Gasteiger partial charge >= 0.3 is 0 Å². The first-order valence-corrected chi connectivity index (χ1v) is 8.08. The second kappa shape index (κ2) is 7.83. The molecule has 0 fully saturated rings. The summed E-state index contributed by atoms with van der Waals surface area (Å²) in [7, 11) is 0. The van der Waals surface area contributed by atoms with Crippen LogP contribution in [-0.2, 0) is 4.79 Å². The van der Waals surface area contributed by atoms with E-state index in [9.17, 15) is 10.1 Å². The van der Waals surface area contributed by atoms with Crippen LogP contribution in [0.15, 0.2) is 58.8 Å². The Morgan fingerprint density at radius 2 is 1.92 bits per heavy atom. The number of carbonyl (C=O) groups is 1. The molecule has 128 valence electrons. The van der Waals surface area contributed by atoms with Crippen molar-refractivity contribution in [2.75, 3.05) is 5.32 Å². The Hall–Kier alpha value is -3.14. The number of hydrogen-bond donors (Lipinski definition) is 1. The lowest BCUT2D eigenvalue weighted by Gasteiger charge is -2.01. The number of amides is 1. The molecule has 0 aliphatic rings. The summed E-state index contributed by atoms with van der Waals surface area (Å²) in [6.45, 7) is 0. The SMILES string of the molecule is N#CC(=Cc1ccc(-c2ccc(Cl)c(Cl)c2)o1)C(=O)Nc1ncccn1. The first kappa shape index (κ1) is 17.7. The second-order valence-electron chi connectivity index (χ2n) is 5.03. The van der Waals surface area contributed by atoms with Crippen molar-refractivity contribution in [3.8, 4) is 17.4 Å². The van der Waals surface area contributed by atoms with Crippen LogP contribution in [0.1, 0.15) is 5.76 Å². The Balaban J connectivity index is 1.82. The van der Waals surface area contributed by atoms with Crippen molar-refractivity contribution in [2.24, 2.45) is 0 Å². The van der Waals surface area contributed by atoms with Gasteiger partial charge in [0.05, 0.1) is 10.0 Å². The third-order valence-electron chi connectivity index (χ3n) is 3.27. The molecule has 0 atom stereocenters. The number of benzene rings is 1. The lowest BCUT2D eigenvalue weighted by Crippen LogP contribution is -2.15. The topological polar surface area (TPSA) is 91.8 Å². The number of furan rings is 1. The molecule has 3 rings (SSSR count). The average Bonchev–Trinajstić information content (AvgIpc) is 3.11. The molecule has 26 heavy (non-hydrogen) atoms. The van der Waals surface area contributed by atoms with Crippen molar-refractivity contribution in [2.45, 2.75) is 0 Å². The van der Waals surface area contributed by atoms with Crippen LogP contribution in [0.4, 0.5) is 5.95 Å². The maximum Gasteiger partial charge on any atom is 0.268 e. The molecule has 6 nitrogen and oxygen atoms in total. The van der Waals surface area contributed by atoms with Crippen LogP contribution in [0.2, 0.25) is 10.0 Å². The molecule has 2 heterocycles. The standard InChI is InChI=1S/C18H10Cl2N4O2/c19-14-4-2-11(9-15(14)20)16-5-3-13(26-16)8-12(10-21)17(25)24-18-22-6-1-7-23-18/h1-9H,(H,22,23,24,25). The van der Waals surface area contributed by atoms with Crippen LogP contribution in [0.25, 0.3) is 17.4 Å². The normalized spacial score (nSPS) is 11.0. The summed E-state index contributed by atoms with van der Waals surface area (Å²) in [6, 6.07) is 11.9. The third kappa shape index (κ3) is 4.09. The largest absolute Gasteiger partial charge is 0.457 e. The summed E-state index contributed by atoms with van der Waals surface area (Å²) in [5, 5.41) is 12.5. The van der Waals surface area contributed by atoms with Crippen molar-refractivity contribution in [1.29, 1.82) is 5.26 Å². The van der Waals surface area contributed by atoms with E-state index in [-0.39, 0.29) is 11.5 Å². The summed E-state index contributed by atoms with van der Waals surface area (Å²) < 4.78 is 5.66. The van der Waals surface area contributed by atoms with E-state index in [4.69, 9.17) is 27.6 Å². The third-order valence-corrected chi connectivity index (χ3v) is 4.01. The lowest BCUT2D eigenvalue weighted by atomic mass is 10.2. The Bertz CT molecular complexity index is 1020. The number of halogens is 2. The molecule has 0 spiro atoms. The van der Waals surface area contributed by atoms with E-state index >= 15 is 0 Å². The van der Waals surface area contributed by atoms with Crippen molar-refractivity contribution >= 4 is 41.1 Å². The summed E-state index contributed by atoms with van der Waals surface area (Å²) in [6.07, 6.45) is 4.29. The van der Waals surface area contributed by atoms with Crippen molar-refractivity contribution in [3.63, 3.8) is 0 Å². The van der Waals surface area contributed by atoms with Crippen LogP contribution in [0.5, 0.6) is 0 Å². The molecule has 0 saturated carbocycles. The molecule has 8 heteroatoms. The zero-order chi connectivity index (χ0) is 18.5. The van der Waals surface area contributed by atoms with E-state index < -0.39 is 5.91 Å². The van der Waals surface area contributed by atoms with Gasteiger partial charge in [-0.1, -0.05) is 23.2 Å². The van der Waals surface area contributed by atoms with E-state index in [2.05, 4.69) is 15.3 Å². The molecular formula is C18H10Cl2N4O2. The summed E-state index contributed by atoms with van der Waals surface area (Å²) in [5.41, 5.74) is 0.576. The van der Waals surface area contributed by atoms with E-state index in [1.54, 1.807) is 36.4 Å². The second-order valence-corrected chi connectivity index (χ2v) is 5.84. The van der Waals surface area contributed by atoms with Crippen LogP contribution < -0.4 is 5.32 Å². The van der Waals surface area contributed by atoms with Gasteiger partial charge in [-0.15, -0.1) is 0 Å². The Kier molecular flexibility index (Phi) is 5.32. The van der Waals surface area contributed by atoms with Crippen molar-refractivity contribution in [1.82, 2.24) is 9.97 Å². The highest BCUT2D eigenvalue weighted by atomic mass is 35.5. The molecule has 0 bridgehead atoms. The molecule has 1 N–H and O–H groups in total. The van der Waals surface area contributed by atoms with Crippen LogP contribution in [-0.4, -0.2) is 15.9 Å². The molecule has 0 radical (unpaired) electrons. The Labute approximate surface area is 158 Å². The van der Waals surface area contributed by atoms with Crippen LogP contribution >= 0.6 is 23.2 Å². The highest BCUT2D eigenvalue weighted by molar-refractivity contribution is 6.42. The Morgan fingerprint density at radius 1 is 1.15 bits per heavy atom. The molecule has 1 aromatic carbocycles. The fourth-order valence-corrected chi connectivity index (χ4v) is 2.36. The average molecular weight is 385 g/mol. The van der Waals surface area contributed by atoms with E-state index in [1.807, 2.05) is 6.07 Å². The number of anilines is 1. The molecule has 1 amide bonds. The van der Waals surface area contributed by atoms with Crippen LogP contribution in [0, 0.1) is 11.3 Å². The van der Waals surface area contributed by atoms with Gasteiger partial charge in [-0.25, -0.2) is 9.97 Å². The number of nitriles is 1. The Morgan fingerprint density at radius 3 is 2.62 bits per heavy atom. The minimum atomic E-state index is -0.633. The van der Waals surface area contributed by atoms with Gasteiger partial charge in [-0.05, 0) is 36.4 Å². The highest BCUT2D eigenvalue weighted by Gasteiger charge is 2.13. The first-order valence-electron chi connectivity index (χ1n) is 7.32. The molecule has 0 saturated heterocycles. The monoisotopic (exact) mass is 384 g/mol. The molecular weight excluding hydrogens is 375 g/mol. The number of carbonyl (C=O) groups excluding carboxylic acids is 1. The number of nitrogens with one attached hydrogen (secondary N) is 1. The van der Waals surface area contributed by atoms with E-state index in [1.165, 1.54) is 18.5 Å². The maximum atomic E-state index is 12.2. The van der Waals surface area contributed by atoms with Gasteiger partial charge in [0.2, 0.25) is 5.95 Å². The minimum absolute atomic E-state index is 0.106. The van der Waals surface area contributed by atoms with E-state index in [0.29, 0.717) is 21.6 Å². The number of nitrogens with zero attached hydrogens (tertiary/aromatic N) is 3. The van der Waals surface area contributed by atoms with Gasteiger partial charge in [0, 0.05) is 24.0 Å². The molecule has 2 aromatic heterocycles. The smallest absolute Gasteiger partial charge is 0.268 e. The maximum absolute atomic E-state index is 12.2. The van der Waals surface area contributed by atoms with E-state index in [0.717, 1.165) is 5.56 Å². The summed E-state index contributed by atoms with van der Waals surface area (Å²) >= 11 is 11.9. The first-order chi connectivity index (χ1) is 12.6. The van der Waals surface area contributed by atoms with Gasteiger partial charge in [0.1, 0.15) is 23.2 Å². The minimum Gasteiger partial charge on any atom is -0.457 e. The quantitative estimate of drug-likeness (QED) is 0.524. The molecule has 0 unspecified atom stereocenters. The number of rotatable bonds is 4. The predicted molar refractivity (Wildman–Crippen MR) is 98.4 cm³/mol. The fourth-order valence-electron chi connectivity index (χ4n) is 2.06. The predicted octanol–water partition coefficient (Wildman–Crippen LogP) is 4.59. The van der Waals surface area contributed by atoms with Crippen molar-refractivity contribution in [3.05, 3.63) is 70.2 Å². The fraction of sp³-hybridized carbons (Fsp3) is 0. The molecule has 3 aromatic rings. The van der Waals surface area contributed by atoms with Gasteiger partial charge in [0.25, 0.3) is 5.91 Å². The highest BCUT2D eigenvalue weighted by Crippen LogP contribution is 2.30. The van der Waals surface area contributed by atoms with Gasteiger partial charge in [-0.2, -0.15) is 5.26 Å². The zero-order valence-electron chi connectivity index (χ0n) is 13.1. The lowest BCUT2D eigenvalue weighted by molar-refractivity contribution is -0.112. The van der Waals surface area contributed by atoms with Crippen LogP contribution in [0.3, 0.4) is 0 Å². The van der Waals surface area contributed by atoms with Gasteiger partial charge < -0.3 is 4.42 Å². The van der Waals surface area contributed by atoms with Gasteiger partial charge in [-0.3, -0.25) is 10.1 Å². The number of aromatic nitrogens is 2. The van der Waals surface area contributed by atoms with Gasteiger partial charge in [0.15, 0.2) is 0 Å². The summed E-state index contributed by atoms with van der Waals surface area (Å²) in [5.74, 6) is 0.339.